The smallest absolute Gasteiger partial charge is 0.416 e. The Morgan fingerprint density at radius 2 is 1.79 bits per heavy atom. The van der Waals surface area contributed by atoms with Gasteiger partial charge in [0.2, 0.25) is 0 Å². The molecule has 2 N–H and O–H groups in total. The third-order valence-corrected chi connectivity index (χ3v) is 7.25. The van der Waals surface area contributed by atoms with Crippen molar-refractivity contribution in [3.63, 3.8) is 0 Å². The van der Waals surface area contributed by atoms with Gasteiger partial charge in [0.1, 0.15) is 11.6 Å². The number of rotatable bonds is 6. The molecule has 2 heterocycles. The Morgan fingerprint density at radius 3 is 2.42 bits per heavy atom. The van der Waals surface area contributed by atoms with E-state index in [0.717, 1.165) is 12.1 Å². The number of aromatic nitrogens is 1. The zero-order valence-electron chi connectivity index (χ0n) is 21.1. The number of ether oxygens (including phenoxy) is 2. The number of alkyl halides is 3. The van der Waals surface area contributed by atoms with E-state index in [1.165, 1.54) is 31.6 Å². The summed E-state index contributed by atoms with van der Waals surface area (Å²) in [7, 11) is 2.54. The molecule has 0 fully saturated rings. The third-order valence-electron chi connectivity index (χ3n) is 6.49. The molecule has 3 atom stereocenters. The van der Waals surface area contributed by atoms with Gasteiger partial charge in [-0.25, -0.2) is 9.78 Å². The van der Waals surface area contributed by atoms with Gasteiger partial charge in [0.25, 0.3) is 0 Å². The minimum Gasteiger partial charge on any atom is -0.469 e. The van der Waals surface area contributed by atoms with Crippen LogP contribution in [0.2, 0.25) is 0 Å². The summed E-state index contributed by atoms with van der Waals surface area (Å²) in [4.78, 5) is 30.6. The first-order valence-electron chi connectivity index (χ1n) is 11.6. The average Bonchev–Trinajstić information content (AvgIpc) is 3.35. The van der Waals surface area contributed by atoms with Crippen molar-refractivity contribution in [3.8, 4) is 11.3 Å². The summed E-state index contributed by atoms with van der Waals surface area (Å²) in [6.45, 7) is 3.46. The number of allylic oxidation sites excluding steroid dienone is 1. The van der Waals surface area contributed by atoms with E-state index < -0.39 is 41.2 Å². The van der Waals surface area contributed by atoms with Crippen molar-refractivity contribution in [2.45, 2.75) is 31.6 Å². The van der Waals surface area contributed by atoms with Gasteiger partial charge in [-0.1, -0.05) is 42.5 Å². The molecule has 200 valence electrons. The second-order valence-electron chi connectivity index (χ2n) is 8.99. The van der Waals surface area contributed by atoms with E-state index in [-0.39, 0.29) is 5.57 Å². The Balaban J connectivity index is 1.76. The number of thiazole rings is 1. The maximum Gasteiger partial charge on any atom is 0.416 e. The van der Waals surface area contributed by atoms with Crippen LogP contribution >= 0.6 is 11.3 Å². The fraction of sp³-hybridized carbons (Fsp3) is 0.296. The number of esters is 2. The number of nitrogens with one attached hydrogen (secondary N) is 2. The minimum atomic E-state index is -4.48. The Morgan fingerprint density at radius 1 is 1.08 bits per heavy atom. The highest BCUT2D eigenvalue weighted by atomic mass is 32.1. The van der Waals surface area contributed by atoms with Gasteiger partial charge in [-0.05, 0) is 31.5 Å². The fourth-order valence-corrected chi connectivity index (χ4v) is 5.66. The summed E-state index contributed by atoms with van der Waals surface area (Å²) in [5, 5.41) is 8.48. The van der Waals surface area contributed by atoms with E-state index in [1.54, 1.807) is 25.3 Å². The first-order valence-corrected chi connectivity index (χ1v) is 12.5. The third kappa shape index (κ3) is 5.24. The lowest BCUT2D eigenvalue weighted by molar-refractivity contribution is -0.149. The number of carbonyl (C=O) groups is 2. The van der Waals surface area contributed by atoms with Gasteiger partial charge in [-0.3, -0.25) is 4.79 Å². The molecule has 0 bridgehead atoms. The van der Waals surface area contributed by atoms with Crippen LogP contribution in [0.1, 0.15) is 30.9 Å². The molecule has 38 heavy (non-hydrogen) atoms. The van der Waals surface area contributed by atoms with Crippen LogP contribution in [0.4, 0.5) is 18.3 Å². The van der Waals surface area contributed by atoms with E-state index in [0.29, 0.717) is 27.6 Å². The number of halogens is 3. The lowest BCUT2D eigenvalue weighted by Crippen LogP contribution is -2.62. The standard InChI is InChI=1S/C27H26F3N3O4S/c1-15-20(23(34)36-3)21(16-9-6-5-7-10-16)22(24(35)37-4)26(2,32-15)33-25-31-19(14-38-25)17-11-8-12-18(13-17)27(28,29)30/h5-14,21-22,32H,1-4H3,(H,31,33). The number of methoxy groups -OCH3 is 2. The van der Waals surface area contributed by atoms with Crippen LogP contribution in [-0.4, -0.2) is 36.8 Å². The molecular weight excluding hydrogens is 519 g/mol. The molecular formula is C27H26F3N3O4S. The van der Waals surface area contributed by atoms with E-state index in [9.17, 15) is 22.8 Å². The Kier molecular flexibility index (Phi) is 7.50. The van der Waals surface area contributed by atoms with E-state index in [1.807, 2.05) is 30.3 Å². The number of nitrogens with zero attached hydrogens (tertiary/aromatic N) is 1. The number of carbonyl (C=O) groups excluding carboxylic acids is 2. The molecule has 1 aliphatic rings. The lowest BCUT2D eigenvalue weighted by Gasteiger charge is -2.46. The van der Waals surface area contributed by atoms with Crippen molar-refractivity contribution < 1.29 is 32.2 Å². The highest BCUT2D eigenvalue weighted by molar-refractivity contribution is 7.14. The Labute approximate surface area is 221 Å². The van der Waals surface area contributed by atoms with Crippen molar-refractivity contribution in [2.75, 3.05) is 19.5 Å². The molecule has 11 heteroatoms. The first-order chi connectivity index (χ1) is 18.0. The van der Waals surface area contributed by atoms with Gasteiger partial charge in [0.15, 0.2) is 5.13 Å². The molecule has 0 saturated heterocycles. The number of hydrogen-bond donors (Lipinski definition) is 2. The number of benzene rings is 2. The van der Waals surface area contributed by atoms with Crippen LogP contribution < -0.4 is 10.6 Å². The van der Waals surface area contributed by atoms with Crippen molar-refractivity contribution in [1.82, 2.24) is 10.3 Å². The summed E-state index contributed by atoms with van der Waals surface area (Å²) >= 11 is 1.18. The highest BCUT2D eigenvalue weighted by Crippen LogP contribution is 2.45. The van der Waals surface area contributed by atoms with Gasteiger partial charge in [0, 0.05) is 22.6 Å². The molecule has 0 saturated carbocycles. The van der Waals surface area contributed by atoms with Crippen molar-refractivity contribution >= 4 is 28.4 Å². The molecule has 0 aliphatic carbocycles. The van der Waals surface area contributed by atoms with Crippen LogP contribution in [0.25, 0.3) is 11.3 Å². The summed E-state index contributed by atoms with van der Waals surface area (Å²) in [5.74, 6) is -2.84. The minimum absolute atomic E-state index is 0.289. The Hall–Kier alpha value is -3.86. The van der Waals surface area contributed by atoms with Gasteiger partial charge in [-0.15, -0.1) is 11.3 Å². The predicted molar refractivity (Wildman–Crippen MR) is 137 cm³/mol. The number of hydrogen-bond acceptors (Lipinski definition) is 8. The molecule has 2 aromatic carbocycles. The van der Waals surface area contributed by atoms with Crippen LogP contribution in [0, 0.1) is 5.92 Å². The second-order valence-corrected chi connectivity index (χ2v) is 9.85. The predicted octanol–water partition coefficient (Wildman–Crippen LogP) is 5.58. The summed E-state index contributed by atoms with van der Waals surface area (Å²) in [6.07, 6.45) is -4.48. The van der Waals surface area contributed by atoms with Gasteiger partial charge in [0.05, 0.1) is 31.1 Å². The highest BCUT2D eigenvalue weighted by Gasteiger charge is 2.52. The normalized spacial score (nSPS) is 21.4. The lowest BCUT2D eigenvalue weighted by atomic mass is 9.71. The van der Waals surface area contributed by atoms with E-state index in [2.05, 4.69) is 15.6 Å². The van der Waals surface area contributed by atoms with E-state index >= 15 is 0 Å². The number of anilines is 1. The van der Waals surface area contributed by atoms with Gasteiger partial charge < -0.3 is 20.1 Å². The maximum atomic E-state index is 13.3. The second kappa shape index (κ2) is 10.5. The molecule has 0 radical (unpaired) electrons. The van der Waals surface area contributed by atoms with Crippen LogP contribution in [-0.2, 0) is 25.2 Å². The van der Waals surface area contributed by atoms with Crippen molar-refractivity contribution in [2.24, 2.45) is 5.92 Å². The molecule has 3 unspecified atom stereocenters. The monoisotopic (exact) mass is 545 g/mol. The van der Waals surface area contributed by atoms with E-state index in [4.69, 9.17) is 9.47 Å². The van der Waals surface area contributed by atoms with Crippen LogP contribution in [0.3, 0.4) is 0 Å². The zero-order chi connectivity index (χ0) is 27.7. The summed E-state index contributed by atoms with van der Waals surface area (Å²) < 4.78 is 49.8. The van der Waals surface area contributed by atoms with Gasteiger partial charge >= 0.3 is 18.1 Å². The first kappa shape index (κ1) is 27.2. The SMILES string of the molecule is COC(=O)C1=C(C)NC(C)(Nc2nc(-c3cccc(C(F)(F)F)c3)cs2)C(C(=O)OC)C1c1ccccc1. The molecule has 4 rings (SSSR count). The molecule has 1 aliphatic heterocycles. The fourth-order valence-electron chi connectivity index (χ4n) is 4.83. The summed E-state index contributed by atoms with van der Waals surface area (Å²) in [5.41, 5.74) is 0.180. The molecule has 0 spiro atoms. The molecule has 3 aromatic rings. The average molecular weight is 546 g/mol. The maximum absolute atomic E-state index is 13.3. The Bertz CT molecular complexity index is 1370. The molecule has 0 amide bonds. The zero-order valence-corrected chi connectivity index (χ0v) is 21.9. The topological polar surface area (TPSA) is 89.5 Å². The largest absolute Gasteiger partial charge is 0.469 e. The molecule has 1 aromatic heterocycles. The van der Waals surface area contributed by atoms with Crippen molar-refractivity contribution in [3.05, 3.63) is 82.4 Å². The summed E-state index contributed by atoms with van der Waals surface area (Å²) in [6, 6.07) is 14.0. The van der Waals surface area contributed by atoms with Gasteiger partial charge in [-0.2, -0.15) is 13.2 Å². The van der Waals surface area contributed by atoms with Crippen LogP contribution in [0.15, 0.2) is 71.2 Å². The van der Waals surface area contributed by atoms with Crippen molar-refractivity contribution in [1.29, 1.82) is 0 Å². The quantitative estimate of drug-likeness (QED) is 0.391. The molecule has 7 nitrogen and oxygen atoms in total. The van der Waals surface area contributed by atoms with Crippen LogP contribution in [0.5, 0.6) is 0 Å².